The molecule has 0 fully saturated rings. The molecule has 1 rings (SSSR count). The standard InChI is InChI=1S/C14H25N3O2S/c1-5-17(6-2)14-16-9-11(20-14)8-15-12(13(18)19)7-10(3)4/h9-10,12,15H,5-8H2,1-4H3,(H,18,19). The van der Waals surface area contributed by atoms with Gasteiger partial charge in [-0.3, -0.25) is 10.1 Å². The molecule has 0 aromatic carbocycles. The Labute approximate surface area is 125 Å². The van der Waals surface area contributed by atoms with Gasteiger partial charge in [-0.05, 0) is 26.2 Å². The smallest absolute Gasteiger partial charge is 0.320 e. The fourth-order valence-electron chi connectivity index (χ4n) is 1.99. The SMILES string of the molecule is CCN(CC)c1ncc(CNC(CC(C)C)C(=O)O)s1. The van der Waals surface area contributed by atoms with Crippen LogP contribution in [-0.4, -0.2) is 35.2 Å². The van der Waals surface area contributed by atoms with Gasteiger partial charge in [0.2, 0.25) is 0 Å². The predicted octanol–water partition coefficient (Wildman–Crippen LogP) is 2.58. The van der Waals surface area contributed by atoms with Gasteiger partial charge in [-0.15, -0.1) is 11.3 Å². The molecular formula is C14H25N3O2S. The third kappa shape index (κ3) is 5.09. The monoisotopic (exact) mass is 299 g/mol. The van der Waals surface area contributed by atoms with Crippen molar-refractivity contribution in [3.8, 4) is 0 Å². The number of carboxylic acid groups (broad SMARTS) is 1. The maximum atomic E-state index is 11.2. The maximum Gasteiger partial charge on any atom is 0.320 e. The van der Waals surface area contributed by atoms with Crippen molar-refractivity contribution >= 4 is 22.4 Å². The van der Waals surface area contributed by atoms with Gasteiger partial charge in [0.05, 0.1) is 0 Å². The molecule has 2 N–H and O–H groups in total. The molecule has 0 spiro atoms. The number of carboxylic acids is 1. The largest absolute Gasteiger partial charge is 0.480 e. The van der Waals surface area contributed by atoms with Crippen molar-refractivity contribution in [2.45, 2.75) is 46.7 Å². The van der Waals surface area contributed by atoms with Crippen LogP contribution in [0.1, 0.15) is 39.0 Å². The Kier molecular flexibility index (Phi) is 6.95. The van der Waals surface area contributed by atoms with Gasteiger partial charge in [-0.2, -0.15) is 0 Å². The molecule has 0 aliphatic rings. The highest BCUT2D eigenvalue weighted by molar-refractivity contribution is 7.15. The van der Waals surface area contributed by atoms with Crippen LogP contribution in [0.15, 0.2) is 6.20 Å². The second kappa shape index (κ2) is 8.21. The molecule has 1 aromatic rings. The van der Waals surface area contributed by atoms with Gasteiger partial charge in [0.15, 0.2) is 5.13 Å². The molecule has 0 radical (unpaired) electrons. The van der Waals surface area contributed by atoms with Gasteiger partial charge >= 0.3 is 5.97 Å². The van der Waals surface area contributed by atoms with E-state index in [0.29, 0.717) is 18.9 Å². The van der Waals surface area contributed by atoms with Crippen molar-refractivity contribution in [2.24, 2.45) is 5.92 Å². The van der Waals surface area contributed by atoms with Crippen LogP contribution in [0.2, 0.25) is 0 Å². The van der Waals surface area contributed by atoms with Crippen molar-refractivity contribution in [2.75, 3.05) is 18.0 Å². The summed E-state index contributed by atoms with van der Waals surface area (Å²) in [6.45, 7) is 10.7. The van der Waals surface area contributed by atoms with Gasteiger partial charge < -0.3 is 10.0 Å². The Balaban J connectivity index is 2.58. The summed E-state index contributed by atoms with van der Waals surface area (Å²) in [5.41, 5.74) is 0. The van der Waals surface area contributed by atoms with Crippen LogP contribution >= 0.6 is 11.3 Å². The van der Waals surface area contributed by atoms with E-state index in [-0.39, 0.29) is 0 Å². The molecule has 1 atom stereocenters. The molecule has 0 saturated heterocycles. The Morgan fingerprint density at radius 2 is 2.10 bits per heavy atom. The number of hydrogen-bond donors (Lipinski definition) is 2. The van der Waals surface area contributed by atoms with Gasteiger partial charge in [-0.25, -0.2) is 4.98 Å². The summed E-state index contributed by atoms with van der Waals surface area (Å²) in [6, 6.07) is -0.492. The van der Waals surface area contributed by atoms with Crippen LogP contribution in [-0.2, 0) is 11.3 Å². The lowest BCUT2D eigenvalue weighted by Crippen LogP contribution is -2.37. The van der Waals surface area contributed by atoms with Crippen LogP contribution in [0.4, 0.5) is 5.13 Å². The highest BCUT2D eigenvalue weighted by Gasteiger charge is 2.18. The van der Waals surface area contributed by atoms with Crippen molar-refractivity contribution in [3.63, 3.8) is 0 Å². The highest BCUT2D eigenvalue weighted by Crippen LogP contribution is 2.22. The number of thiazole rings is 1. The fraction of sp³-hybridized carbons (Fsp3) is 0.714. The molecule has 5 nitrogen and oxygen atoms in total. The molecule has 0 bridgehead atoms. The number of anilines is 1. The lowest BCUT2D eigenvalue weighted by Gasteiger charge is -2.17. The quantitative estimate of drug-likeness (QED) is 0.733. The number of hydrogen-bond acceptors (Lipinski definition) is 5. The zero-order chi connectivity index (χ0) is 15.1. The Morgan fingerprint density at radius 3 is 2.60 bits per heavy atom. The molecule has 1 aromatic heterocycles. The van der Waals surface area contributed by atoms with E-state index >= 15 is 0 Å². The number of nitrogens with one attached hydrogen (secondary N) is 1. The van der Waals surface area contributed by atoms with E-state index in [1.807, 2.05) is 20.0 Å². The van der Waals surface area contributed by atoms with Crippen LogP contribution in [0.3, 0.4) is 0 Å². The minimum absolute atomic E-state index is 0.358. The van der Waals surface area contributed by atoms with E-state index in [4.69, 9.17) is 0 Å². The Bertz CT molecular complexity index is 416. The lowest BCUT2D eigenvalue weighted by molar-refractivity contribution is -0.140. The van der Waals surface area contributed by atoms with Crippen molar-refractivity contribution in [1.82, 2.24) is 10.3 Å². The number of aliphatic carboxylic acids is 1. The predicted molar refractivity (Wildman–Crippen MR) is 83.4 cm³/mol. The van der Waals surface area contributed by atoms with E-state index in [9.17, 15) is 9.90 Å². The maximum absolute atomic E-state index is 11.2. The van der Waals surface area contributed by atoms with Gasteiger partial charge in [-0.1, -0.05) is 13.8 Å². The molecule has 0 aliphatic heterocycles. The molecule has 1 unspecified atom stereocenters. The lowest BCUT2D eigenvalue weighted by atomic mass is 10.0. The molecule has 0 aliphatic carbocycles. The molecule has 0 amide bonds. The zero-order valence-corrected chi connectivity index (χ0v) is 13.5. The fourth-order valence-corrected chi connectivity index (χ4v) is 2.97. The molecule has 6 heteroatoms. The first-order valence-electron chi connectivity index (χ1n) is 7.13. The first kappa shape index (κ1) is 16.9. The second-order valence-corrected chi connectivity index (χ2v) is 6.28. The average Bonchev–Trinajstić information content (AvgIpc) is 2.84. The van der Waals surface area contributed by atoms with Crippen molar-refractivity contribution in [1.29, 1.82) is 0 Å². The van der Waals surface area contributed by atoms with Crippen molar-refractivity contribution < 1.29 is 9.90 Å². The molecule has 1 heterocycles. The van der Waals surface area contributed by atoms with Gasteiger partial charge in [0, 0.05) is 30.7 Å². The average molecular weight is 299 g/mol. The summed E-state index contributed by atoms with van der Waals surface area (Å²) in [7, 11) is 0. The number of aromatic nitrogens is 1. The minimum Gasteiger partial charge on any atom is -0.480 e. The normalized spacial score (nSPS) is 12.7. The summed E-state index contributed by atoms with van der Waals surface area (Å²) in [5.74, 6) is -0.427. The number of carbonyl (C=O) groups is 1. The van der Waals surface area contributed by atoms with E-state index in [1.165, 1.54) is 0 Å². The van der Waals surface area contributed by atoms with Crippen LogP contribution in [0.25, 0.3) is 0 Å². The van der Waals surface area contributed by atoms with E-state index in [1.54, 1.807) is 11.3 Å². The summed E-state index contributed by atoms with van der Waals surface area (Å²) in [4.78, 5) is 18.8. The van der Waals surface area contributed by atoms with Crippen molar-refractivity contribution in [3.05, 3.63) is 11.1 Å². The zero-order valence-electron chi connectivity index (χ0n) is 12.7. The third-order valence-corrected chi connectivity index (χ3v) is 4.16. The summed E-state index contributed by atoms with van der Waals surface area (Å²) >= 11 is 1.62. The number of nitrogens with zero attached hydrogens (tertiary/aromatic N) is 2. The molecule has 114 valence electrons. The summed E-state index contributed by atoms with van der Waals surface area (Å²) in [5, 5.41) is 13.3. The Morgan fingerprint density at radius 1 is 1.45 bits per heavy atom. The highest BCUT2D eigenvalue weighted by atomic mass is 32.1. The first-order valence-corrected chi connectivity index (χ1v) is 7.95. The van der Waals surface area contributed by atoms with E-state index < -0.39 is 12.0 Å². The van der Waals surface area contributed by atoms with E-state index in [2.05, 4.69) is 29.0 Å². The molecular weight excluding hydrogens is 274 g/mol. The van der Waals surface area contributed by atoms with Crippen LogP contribution in [0, 0.1) is 5.92 Å². The van der Waals surface area contributed by atoms with Gasteiger partial charge in [0.1, 0.15) is 6.04 Å². The molecule has 20 heavy (non-hydrogen) atoms. The van der Waals surface area contributed by atoms with Crippen LogP contribution < -0.4 is 10.2 Å². The molecule has 0 saturated carbocycles. The van der Waals surface area contributed by atoms with Crippen LogP contribution in [0.5, 0.6) is 0 Å². The second-order valence-electron chi connectivity index (χ2n) is 5.18. The summed E-state index contributed by atoms with van der Waals surface area (Å²) in [6.07, 6.45) is 2.47. The van der Waals surface area contributed by atoms with Gasteiger partial charge in [0.25, 0.3) is 0 Å². The first-order chi connectivity index (χ1) is 9.47. The third-order valence-electron chi connectivity index (χ3n) is 3.10. The topological polar surface area (TPSA) is 65.5 Å². The van der Waals surface area contributed by atoms with E-state index in [0.717, 1.165) is 23.1 Å². The Hall–Kier alpha value is -1.14. The number of rotatable bonds is 9. The minimum atomic E-state index is -0.785. The summed E-state index contributed by atoms with van der Waals surface area (Å²) < 4.78 is 0.